The van der Waals surface area contributed by atoms with E-state index in [9.17, 15) is 0 Å². The van der Waals surface area contributed by atoms with Gasteiger partial charge in [-0.25, -0.2) is 0 Å². The monoisotopic (exact) mass is 230 g/mol. The number of nitrogens with zero attached hydrogens (tertiary/aromatic N) is 2. The van der Waals surface area contributed by atoms with Crippen molar-refractivity contribution < 1.29 is 0 Å². The number of hydrogen-bond acceptors (Lipinski definition) is 2. The topological polar surface area (TPSA) is 24.7 Å². The van der Waals surface area contributed by atoms with E-state index in [0.717, 1.165) is 6.42 Å². The van der Waals surface area contributed by atoms with Gasteiger partial charge in [0.2, 0.25) is 0 Å². The molecule has 0 N–H and O–H groups in total. The molecule has 2 rings (SSSR count). The van der Waals surface area contributed by atoms with Gasteiger partial charge in [0, 0.05) is 5.92 Å². The summed E-state index contributed by atoms with van der Waals surface area (Å²) >= 11 is 0. The molecule has 0 saturated heterocycles. The highest BCUT2D eigenvalue weighted by Crippen LogP contribution is 2.42. The summed E-state index contributed by atoms with van der Waals surface area (Å²) in [4.78, 5) is 0. The van der Waals surface area contributed by atoms with E-state index in [4.69, 9.17) is 0 Å². The molecule has 2 heteroatoms. The first-order chi connectivity index (χ1) is 8.15. The summed E-state index contributed by atoms with van der Waals surface area (Å²) in [6.45, 7) is 6.62. The molecule has 1 heterocycles. The van der Waals surface area contributed by atoms with Crippen molar-refractivity contribution in [3.8, 4) is 0 Å². The molecule has 0 bridgehead atoms. The van der Waals surface area contributed by atoms with E-state index in [1.165, 1.54) is 18.4 Å². The minimum Gasteiger partial charge on any atom is -0.190 e. The largest absolute Gasteiger partial charge is 0.190 e. The van der Waals surface area contributed by atoms with Gasteiger partial charge in [-0.1, -0.05) is 50.1 Å². The zero-order valence-corrected chi connectivity index (χ0v) is 11.1. The summed E-state index contributed by atoms with van der Waals surface area (Å²) in [7, 11) is 0. The lowest BCUT2D eigenvalue weighted by molar-refractivity contribution is 0.405. The Morgan fingerprint density at radius 2 is 1.88 bits per heavy atom. The van der Waals surface area contributed by atoms with Gasteiger partial charge in [0.05, 0.1) is 11.6 Å². The first-order valence-electron chi connectivity index (χ1n) is 6.62. The second-order valence-corrected chi connectivity index (χ2v) is 5.47. The molecule has 1 aliphatic rings. The Balaban J connectivity index is 2.22. The first kappa shape index (κ1) is 12.3. The maximum absolute atomic E-state index is 4.51. The van der Waals surface area contributed by atoms with Crippen molar-refractivity contribution in [3.63, 3.8) is 0 Å². The zero-order chi connectivity index (χ0) is 12.3. The van der Waals surface area contributed by atoms with Gasteiger partial charge in [0.1, 0.15) is 0 Å². The van der Waals surface area contributed by atoms with Gasteiger partial charge >= 0.3 is 0 Å². The van der Waals surface area contributed by atoms with Crippen LogP contribution in [0.25, 0.3) is 0 Å². The van der Waals surface area contributed by atoms with Crippen molar-refractivity contribution >= 4 is 0 Å². The van der Waals surface area contributed by atoms with Crippen LogP contribution in [0.5, 0.6) is 0 Å². The minimum absolute atomic E-state index is 0.0558. The maximum atomic E-state index is 4.51. The van der Waals surface area contributed by atoms with E-state index < -0.39 is 0 Å². The van der Waals surface area contributed by atoms with Crippen LogP contribution >= 0.6 is 0 Å². The Hall–Kier alpha value is -1.18. The number of azo groups is 1. The fraction of sp³-hybridized carbons (Fsp3) is 0.600. The molecule has 0 aromatic heterocycles. The predicted molar refractivity (Wildman–Crippen MR) is 71.4 cm³/mol. The summed E-state index contributed by atoms with van der Waals surface area (Å²) in [6.07, 6.45) is 3.63. The minimum atomic E-state index is -0.0558. The van der Waals surface area contributed by atoms with Crippen molar-refractivity contribution in [3.05, 3.63) is 35.9 Å². The van der Waals surface area contributed by atoms with Crippen LogP contribution < -0.4 is 0 Å². The average molecular weight is 230 g/mol. The van der Waals surface area contributed by atoms with Gasteiger partial charge in [-0.15, -0.1) is 0 Å². The van der Waals surface area contributed by atoms with Crippen LogP contribution in [-0.4, -0.2) is 11.6 Å². The Morgan fingerprint density at radius 1 is 1.18 bits per heavy atom. The van der Waals surface area contributed by atoms with Gasteiger partial charge in [-0.3, -0.25) is 0 Å². The molecule has 2 atom stereocenters. The van der Waals surface area contributed by atoms with Crippen molar-refractivity contribution in [1.82, 2.24) is 0 Å². The van der Waals surface area contributed by atoms with Crippen molar-refractivity contribution in [2.75, 3.05) is 0 Å². The van der Waals surface area contributed by atoms with Crippen LogP contribution in [0.2, 0.25) is 0 Å². The van der Waals surface area contributed by atoms with Crippen molar-refractivity contribution in [2.45, 2.75) is 57.5 Å². The molecule has 2 nitrogen and oxygen atoms in total. The standard InChI is InChI=1S/C15H22N2/c1-4-5-11-13-14(15(2,3)17-16-13)12-9-7-6-8-10-12/h6-10,13-14H,4-5,11H2,1-3H3. The summed E-state index contributed by atoms with van der Waals surface area (Å²) in [6, 6.07) is 11.1. The molecule has 1 aromatic carbocycles. The van der Waals surface area contributed by atoms with E-state index in [-0.39, 0.29) is 5.54 Å². The molecule has 92 valence electrons. The fourth-order valence-electron chi connectivity index (χ4n) is 2.75. The lowest BCUT2D eigenvalue weighted by Crippen LogP contribution is -2.29. The highest BCUT2D eigenvalue weighted by molar-refractivity contribution is 5.27. The molecule has 0 radical (unpaired) electrons. The Morgan fingerprint density at radius 3 is 2.53 bits per heavy atom. The summed E-state index contributed by atoms with van der Waals surface area (Å²) in [5.74, 6) is 0.440. The van der Waals surface area contributed by atoms with Gasteiger partial charge in [0.25, 0.3) is 0 Å². The van der Waals surface area contributed by atoms with Crippen LogP contribution in [0, 0.1) is 0 Å². The van der Waals surface area contributed by atoms with Crippen LogP contribution in [0.1, 0.15) is 51.5 Å². The Kier molecular flexibility index (Phi) is 3.60. The molecule has 2 unspecified atom stereocenters. The lowest BCUT2D eigenvalue weighted by atomic mass is 9.77. The van der Waals surface area contributed by atoms with Gasteiger partial charge in [0.15, 0.2) is 0 Å². The third-order valence-corrected chi connectivity index (χ3v) is 3.62. The highest BCUT2D eigenvalue weighted by atomic mass is 15.2. The molecular formula is C15H22N2. The molecule has 1 aliphatic heterocycles. The number of hydrogen-bond donors (Lipinski definition) is 0. The van der Waals surface area contributed by atoms with E-state index in [2.05, 4.69) is 61.3 Å². The molecule has 0 aliphatic carbocycles. The van der Waals surface area contributed by atoms with Crippen LogP contribution in [0.15, 0.2) is 40.6 Å². The van der Waals surface area contributed by atoms with Crippen LogP contribution in [0.3, 0.4) is 0 Å². The van der Waals surface area contributed by atoms with E-state index >= 15 is 0 Å². The van der Waals surface area contributed by atoms with E-state index in [1.54, 1.807) is 0 Å². The normalized spacial score (nSPS) is 26.3. The SMILES string of the molecule is CCCCC1N=NC(C)(C)C1c1ccccc1. The van der Waals surface area contributed by atoms with Gasteiger partial charge < -0.3 is 0 Å². The third kappa shape index (κ3) is 2.56. The maximum Gasteiger partial charge on any atom is 0.0849 e. The highest BCUT2D eigenvalue weighted by Gasteiger charge is 2.41. The third-order valence-electron chi connectivity index (χ3n) is 3.62. The molecule has 0 amide bonds. The summed E-state index contributed by atoms with van der Waals surface area (Å²) < 4.78 is 0. The summed E-state index contributed by atoms with van der Waals surface area (Å²) in [5.41, 5.74) is 1.32. The van der Waals surface area contributed by atoms with Gasteiger partial charge in [-0.2, -0.15) is 10.2 Å². The van der Waals surface area contributed by atoms with Crippen molar-refractivity contribution in [1.29, 1.82) is 0 Å². The molecule has 0 spiro atoms. The smallest absolute Gasteiger partial charge is 0.0849 e. The molecule has 17 heavy (non-hydrogen) atoms. The molecule has 0 saturated carbocycles. The van der Waals surface area contributed by atoms with Crippen LogP contribution in [-0.2, 0) is 0 Å². The predicted octanol–water partition coefficient (Wildman–Crippen LogP) is 4.57. The zero-order valence-electron chi connectivity index (χ0n) is 11.1. The van der Waals surface area contributed by atoms with Crippen LogP contribution in [0.4, 0.5) is 0 Å². The first-order valence-corrected chi connectivity index (χ1v) is 6.62. The Labute approximate surface area is 104 Å². The number of unbranched alkanes of at least 4 members (excludes halogenated alkanes) is 1. The number of benzene rings is 1. The van der Waals surface area contributed by atoms with E-state index in [1.807, 2.05) is 0 Å². The second kappa shape index (κ2) is 4.99. The van der Waals surface area contributed by atoms with Gasteiger partial charge in [-0.05, 0) is 25.8 Å². The Bertz CT molecular complexity index is 381. The number of rotatable bonds is 4. The second-order valence-electron chi connectivity index (χ2n) is 5.47. The van der Waals surface area contributed by atoms with E-state index in [0.29, 0.717) is 12.0 Å². The lowest BCUT2D eigenvalue weighted by Gasteiger charge is -2.27. The molecular weight excluding hydrogens is 208 g/mol. The fourth-order valence-corrected chi connectivity index (χ4v) is 2.75. The molecule has 1 aromatic rings. The van der Waals surface area contributed by atoms with Crippen molar-refractivity contribution in [2.24, 2.45) is 10.2 Å². The summed E-state index contributed by atoms with van der Waals surface area (Å²) in [5, 5.41) is 8.99. The quantitative estimate of drug-likeness (QED) is 0.723. The molecule has 0 fully saturated rings. The average Bonchev–Trinajstić information content (AvgIpc) is 2.63.